The van der Waals surface area contributed by atoms with E-state index in [4.69, 9.17) is 21.3 Å². The third-order valence-electron chi connectivity index (χ3n) is 8.08. The standard InChI is InChI=1S/C34H27ClN2O5/c1-19-7-8-22(15-20(19)2)31(38)18-42-34(41)28-17-30(36-29-14-11-23(35)16-27(28)29)21-9-12-24(13-10-21)37-32(39)25-5-3-4-6-26(25)33(37)40/h3-4,7-17,25-26H,5-6,18H2,1-2H3. The summed E-state index contributed by atoms with van der Waals surface area (Å²) in [6.45, 7) is 3.47. The van der Waals surface area contributed by atoms with Crippen molar-refractivity contribution in [3.05, 3.63) is 106 Å². The third kappa shape index (κ3) is 5.01. The van der Waals surface area contributed by atoms with Crippen molar-refractivity contribution in [3.8, 4) is 11.3 Å². The van der Waals surface area contributed by atoms with Crippen molar-refractivity contribution in [2.24, 2.45) is 11.8 Å². The molecule has 1 saturated heterocycles. The van der Waals surface area contributed by atoms with Gasteiger partial charge in [-0.2, -0.15) is 0 Å². The number of ether oxygens (including phenoxy) is 1. The number of pyridine rings is 1. The highest BCUT2D eigenvalue weighted by Gasteiger charge is 2.47. The fourth-order valence-corrected chi connectivity index (χ4v) is 5.73. The smallest absolute Gasteiger partial charge is 0.339 e. The van der Waals surface area contributed by atoms with Crippen LogP contribution < -0.4 is 4.90 Å². The molecule has 0 N–H and O–H groups in total. The van der Waals surface area contributed by atoms with Gasteiger partial charge in [0.15, 0.2) is 12.4 Å². The van der Waals surface area contributed by atoms with Gasteiger partial charge in [0, 0.05) is 21.5 Å². The summed E-state index contributed by atoms with van der Waals surface area (Å²) in [4.78, 5) is 58.1. The van der Waals surface area contributed by atoms with E-state index in [9.17, 15) is 19.2 Å². The fraction of sp³-hybridized carbons (Fsp3) is 0.206. The molecule has 0 radical (unpaired) electrons. The van der Waals surface area contributed by atoms with Crippen molar-refractivity contribution in [1.82, 2.24) is 4.98 Å². The molecule has 4 aromatic rings. The lowest BCUT2D eigenvalue weighted by Crippen LogP contribution is -2.30. The number of nitrogens with zero attached hydrogens (tertiary/aromatic N) is 2. The summed E-state index contributed by atoms with van der Waals surface area (Å²) < 4.78 is 5.46. The zero-order chi connectivity index (χ0) is 29.5. The van der Waals surface area contributed by atoms with Crippen LogP contribution >= 0.6 is 11.6 Å². The van der Waals surface area contributed by atoms with E-state index in [0.29, 0.717) is 51.3 Å². The van der Waals surface area contributed by atoms with Gasteiger partial charge in [-0.25, -0.2) is 9.78 Å². The number of anilines is 1. The first kappa shape index (κ1) is 27.5. The Morgan fingerprint density at radius 3 is 2.24 bits per heavy atom. The molecule has 0 spiro atoms. The Labute approximate surface area is 247 Å². The number of fused-ring (bicyclic) bond motifs is 2. The lowest BCUT2D eigenvalue weighted by molar-refractivity contribution is -0.122. The molecule has 3 aromatic carbocycles. The van der Waals surface area contributed by atoms with Gasteiger partial charge in [0.05, 0.1) is 34.3 Å². The predicted molar refractivity (Wildman–Crippen MR) is 161 cm³/mol. The molecular formula is C34H27ClN2O5. The molecule has 2 atom stereocenters. The van der Waals surface area contributed by atoms with Crippen LogP contribution in [0.3, 0.4) is 0 Å². The van der Waals surface area contributed by atoms with Crippen LogP contribution in [0.15, 0.2) is 78.9 Å². The van der Waals surface area contributed by atoms with Crippen molar-refractivity contribution in [3.63, 3.8) is 0 Å². The lowest BCUT2D eigenvalue weighted by atomic mass is 9.85. The van der Waals surface area contributed by atoms with Crippen LogP contribution in [0, 0.1) is 25.7 Å². The molecule has 2 heterocycles. The van der Waals surface area contributed by atoms with Crippen molar-refractivity contribution in [1.29, 1.82) is 0 Å². The second-order valence-corrected chi connectivity index (χ2v) is 11.2. The first-order valence-electron chi connectivity index (χ1n) is 13.7. The van der Waals surface area contributed by atoms with E-state index in [-0.39, 0.29) is 35.0 Å². The average molecular weight is 579 g/mol. The molecular weight excluding hydrogens is 552 g/mol. The largest absolute Gasteiger partial charge is 0.454 e. The number of hydrogen-bond donors (Lipinski definition) is 0. The minimum atomic E-state index is -0.677. The van der Waals surface area contributed by atoms with Gasteiger partial charge in [-0.3, -0.25) is 19.3 Å². The molecule has 8 heteroatoms. The first-order valence-corrected chi connectivity index (χ1v) is 14.1. The number of amides is 2. The number of imide groups is 1. The van der Waals surface area contributed by atoms with Gasteiger partial charge in [-0.15, -0.1) is 0 Å². The summed E-state index contributed by atoms with van der Waals surface area (Å²) in [7, 11) is 0. The van der Waals surface area contributed by atoms with Crippen LogP contribution in [0.1, 0.15) is 44.7 Å². The van der Waals surface area contributed by atoms with E-state index in [1.54, 1.807) is 60.7 Å². The SMILES string of the molecule is Cc1ccc(C(=O)COC(=O)c2cc(-c3ccc(N4C(=O)C5CC=CCC5C4=O)cc3)nc3ccc(Cl)cc23)cc1C. The second kappa shape index (κ2) is 11.0. The molecule has 0 bridgehead atoms. The van der Waals surface area contributed by atoms with Gasteiger partial charge in [0.2, 0.25) is 11.8 Å². The molecule has 1 fully saturated rings. The molecule has 1 aliphatic heterocycles. The quantitative estimate of drug-likeness (QED) is 0.110. The predicted octanol–water partition coefficient (Wildman–Crippen LogP) is 6.67. The minimum absolute atomic E-state index is 0.178. The van der Waals surface area contributed by atoms with Crippen LogP contribution in [0.2, 0.25) is 5.02 Å². The molecule has 6 rings (SSSR count). The number of hydrogen-bond acceptors (Lipinski definition) is 6. The third-order valence-corrected chi connectivity index (χ3v) is 8.32. The molecule has 2 aliphatic rings. The van der Waals surface area contributed by atoms with Crippen LogP contribution in [-0.2, 0) is 14.3 Å². The number of Topliss-reactive ketones (excluding diaryl/α,β-unsaturated/α-hetero) is 1. The molecule has 2 amide bonds. The van der Waals surface area contributed by atoms with Crippen LogP contribution in [-0.4, -0.2) is 35.2 Å². The molecule has 2 unspecified atom stereocenters. The van der Waals surface area contributed by atoms with E-state index in [1.165, 1.54) is 4.90 Å². The summed E-state index contributed by atoms with van der Waals surface area (Å²) in [5, 5.41) is 0.924. The average Bonchev–Trinajstić information content (AvgIpc) is 3.26. The Balaban J connectivity index is 1.28. The Bertz CT molecular complexity index is 1790. The van der Waals surface area contributed by atoms with Gasteiger partial charge in [0.25, 0.3) is 0 Å². The van der Waals surface area contributed by atoms with E-state index in [2.05, 4.69) is 0 Å². The minimum Gasteiger partial charge on any atom is -0.454 e. The van der Waals surface area contributed by atoms with Gasteiger partial charge >= 0.3 is 5.97 Å². The van der Waals surface area contributed by atoms with Crippen LogP contribution in [0.25, 0.3) is 22.2 Å². The van der Waals surface area contributed by atoms with Gasteiger partial charge < -0.3 is 4.74 Å². The summed E-state index contributed by atoms with van der Waals surface area (Å²) in [5.74, 6) is -1.96. The van der Waals surface area contributed by atoms with E-state index in [1.807, 2.05) is 32.1 Å². The number of esters is 1. The van der Waals surface area contributed by atoms with E-state index in [0.717, 1.165) is 11.1 Å². The zero-order valence-corrected chi connectivity index (χ0v) is 23.9. The van der Waals surface area contributed by atoms with Crippen LogP contribution in [0.5, 0.6) is 0 Å². The Hall–Kier alpha value is -4.62. The monoisotopic (exact) mass is 578 g/mol. The van der Waals surface area contributed by atoms with Gasteiger partial charge in [0.1, 0.15) is 0 Å². The molecule has 7 nitrogen and oxygen atoms in total. The maximum Gasteiger partial charge on any atom is 0.339 e. The number of ketones is 1. The topological polar surface area (TPSA) is 93.6 Å². The summed E-state index contributed by atoms with van der Waals surface area (Å²) in [5.41, 5.74) is 4.92. The first-order chi connectivity index (χ1) is 20.2. The number of aromatic nitrogens is 1. The van der Waals surface area contributed by atoms with Crippen molar-refractivity contribution < 1.29 is 23.9 Å². The zero-order valence-electron chi connectivity index (χ0n) is 23.1. The summed E-state index contributed by atoms with van der Waals surface area (Å²) in [6.07, 6.45) is 5.06. The number of carbonyl (C=O) groups excluding carboxylic acids is 4. The highest BCUT2D eigenvalue weighted by atomic mass is 35.5. The van der Waals surface area contributed by atoms with Crippen molar-refractivity contribution in [2.45, 2.75) is 26.7 Å². The van der Waals surface area contributed by atoms with E-state index < -0.39 is 12.6 Å². The second-order valence-electron chi connectivity index (χ2n) is 10.7. The molecule has 210 valence electrons. The van der Waals surface area contributed by atoms with Gasteiger partial charge in [-0.1, -0.05) is 48.0 Å². The molecule has 1 aliphatic carbocycles. The maximum atomic E-state index is 13.3. The van der Waals surface area contributed by atoms with E-state index >= 15 is 0 Å². The highest BCUT2D eigenvalue weighted by Crippen LogP contribution is 2.38. The maximum absolute atomic E-state index is 13.3. The number of rotatable bonds is 6. The Morgan fingerprint density at radius 2 is 1.57 bits per heavy atom. The number of carbonyl (C=O) groups is 4. The van der Waals surface area contributed by atoms with Crippen molar-refractivity contribution >= 4 is 51.8 Å². The Morgan fingerprint density at radius 1 is 0.881 bits per heavy atom. The summed E-state index contributed by atoms with van der Waals surface area (Å²) >= 11 is 6.24. The number of halogens is 1. The van der Waals surface area contributed by atoms with Crippen LogP contribution in [0.4, 0.5) is 5.69 Å². The molecule has 42 heavy (non-hydrogen) atoms. The number of benzene rings is 3. The Kier molecular flexibility index (Phi) is 7.21. The van der Waals surface area contributed by atoms with Gasteiger partial charge in [-0.05, 0) is 80.3 Å². The van der Waals surface area contributed by atoms with Crippen molar-refractivity contribution in [2.75, 3.05) is 11.5 Å². The number of allylic oxidation sites excluding steroid dienone is 2. The molecule has 0 saturated carbocycles. The normalized spacial score (nSPS) is 17.9. The number of aryl methyl sites for hydroxylation is 2. The highest BCUT2D eigenvalue weighted by molar-refractivity contribution is 6.31. The fourth-order valence-electron chi connectivity index (χ4n) is 5.56. The lowest BCUT2D eigenvalue weighted by Gasteiger charge is -2.15. The molecule has 1 aromatic heterocycles. The summed E-state index contributed by atoms with van der Waals surface area (Å²) in [6, 6.07) is 18.9.